The number of fused-ring (bicyclic) bond motifs is 1. The minimum Gasteiger partial charge on any atom is -0.487 e. The Bertz CT molecular complexity index is 951. The van der Waals surface area contributed by atoms with Gasteiger partial charge in [0, 0.05) is 24.4 Å². The van der Waals surface area contributed by atoms with Crippen molar-refractivity contribution in [3.63, 3.8) is 0 Å². The normalized spacial score (nSPS) is 27.8. The molecule has 32 heavy (non-hydrogen) atoms. The van der Waals surface area contributed by atoms with Crippen molar-refractivity contribution in [2.75, 3.05) is 6.54 Å². The highest BCUT2D eigenvalue weighted by Gasteiger charge is 2.47. The quantitative estimate of drug-likeness (QED) is 0.708. The second-order valence-corrected chi connectivity index (χ2v) is 10.4. The summed E-state index contributed by atoms with van der Waals surface area (Å²) in [6, 6.07) is 6.03. The Morgan fingerprint density at radius 3 is 2.69 bits per heavy atom. The summed E-state index contributed by atoms with van der Waals surface area (Å²) >= 11 is 0. The first kappa shape index (κ1) is 22.6. The molecule has 0 bridgehead atoms. The molecule has 0 unspecified atom stereocenters. The van der Waals surface area contributed by atoms with Gasteiger partial charge in [0.25, 0.3) is 0 Å². The molecular formula is C25H36N4O3. The van der Waals surface area contributed by atoms with Crippen molar-refractivity contribution in [2.24, 2.45) is 22.6 Å². The second-order valence-electron chi connectivity index (χ2n) is 10.4. The van der Waals surface area contributed by atoms with Gasteiger partial charge < -0.3 is 15.8 Å². The number of aliphatic imine (C=N–C) groups is 1. The van der Waals surface area contributed by atoms with Crippen LogP contribution in [0.5, 0.6) is 5.75 Å². The van der Waals surface area contributed by atoms with E-state index in [0.29, 0.717) is 25.3 Å². The number of hydrogen-bond acceptors (Lipinski definition) is 5. The number of nitrogens with two attached hydrogens (primary N) is 1. The fraction of sp³-hybridized carbons (Fsp3) is 0.640. The van der Waals surface area contributed by atoms with Crippen LogP contribution < -0.4 is 15.8 Å². The van der Waals surface area contributed by atoms with Crippen molar-refractivity contribution in [2.45, 2.75) is 83.9 Å². The Balaban J connectivity index is 1.41. The van der Waals surface area contributed by atoms with E-state index in [1.807, 2.05) is 46.8 Å². The Labute approximate surface area is 190 Å². The summed E-state index contributed by atoms with van der Waals surface area (Å²) in [6.07, 6.45) is 3.45. The molecule has 174 valence electrons. The van der Waals surface area contributed by atoms with Crippen LogP contribution in [0.3, 0.4) is 0 Å². The van der Waals surface area contributed by atoms with Crippen molar-refractivity contribution < 1.29 is 14.3 Å². The number of benzene rings is 1. The molecule has 1 aromatic carbocycles. The Morgan fingerprint density at radius 1 is 1.31 bits per heavy atom. The SMILES string of the molecule is CCC1(CC)CC(=O)N(C[C@@H]2C[C@H]2C(=O)N[C@H]2CC(C)(C)Oc3ccc(C)cc32)C(N)=N1. The first-order chi connectivity index (χ1) is 15.1. The van der Waals surface area contributed by atoms with E-state index in [1.54, 1.807) is 4.90 Å². The molecule has 0 saturated heterocycles. The lowest BCUT2D eigenvalue weighted by Crippen LogP contribution is -2.52. The molecule has 3 N–H and O–H groups in total. The van der Waals surface area contributed by atoms with E-state index in [4.69, 9.17) is 10.5 Å². The minimum absolute atomic E-state index is 0.0165. The van der Waals surface area contributed by atoms with Crippen LogP contribution in [0.2, 0.25) is 0 Å². The van der Waals surface area contributed by atoms with Crippen molar-refractivity contribution in [1.82, 2.24) is 10.2 Å². The van der Waals surface area contributed by atoms with Gasteiger partial charge in [-0.3, -0.25) is 14.5 Å². The summed E-state index contributed by atoms with van der Waals surface area (Å²) in [4.78, 5) is 32.1. The van der Waals surface area contributed by atoms with E-state index in [2.05, 4.69) is 16.4 Å². The topological polar surface area (TPSA) is 97.0 Å². The molecule has 7 nitrogen and oxygen atoms in total. The summed E-state index contributed by atoms with van der Waals surface area (Å²) in [5.41, 5.74) is 7.64. The molecule has 3 aliphatic rings. The Morgan fingerprint density at radius 2 is 2.03 bits per heavy atom. The number of ether oxygens (including phenoxy) is 1. The zero-order valence-corrected chi connectivity index (χ0v) is 19.9. The van der Waals surface area contributed by atoms with Crippen LogP contribution in [0.1, 0.15) is 77.0 Å². The Hall–Kier alpha value is -2.57. The highest BCUT2D eigenvalue weighted by Crippen LogP contribution is 2.43. The molecular weight excluding hydrogens is 404 g/mol. The lowest BCUT2D eigenvalue weighted by atomic mass is 9.88. The number of nitrogens with one attached hydrogen (secondary N) is 1. The first-order valence-electron chi connectivity index (χ1n) is 11.8. The van der Waals surface area contributed by atoms with Gasteiger partial charge in [-0.2, -0.15) is 0 Å². The number of nitrogens with zero attached hydrogens (tertiary/aromatic N) is 2. The smallest absolute Gasteiger partial charge is 0.231 e. The molecule has 1 aliphatic carbocycles. The number of hydrogen-bond donors (Lipinski definition) is 2. The number of carbonyl (C=O) groups is 2. The van der Waals surface area contributed by atoms with Gasteiger partial charge >= 0.3 is 0 Å². The highest BCUT2D eigenvalue weighted by molar-refractivity contribution is 5.99. The number of aryl methyl sites for hydroxylation is 1. The second kappa shape index (κ2) is 8.09. The molecule has 2 heterocycles. The van der Waals surface area contributed by atoms with Crippen molar-refractivity contribution in [3.05, 3.63) is 29.3 Å². The monoisotopic (exact) mass is 440 g/mol. The van der Waals surface area contributed by atoms with Crippen LogP contribution in [0.15, 0.2) is 23.2 Å². The maximum absolute atomic E-state index is 13.1. The number of guanidine groups is 1. The van der Waals surface area contributed by atoms with Gasteiger partial charge in [-0.25, -0.2) is 4.99 Å². The number of carbonyl (C=O) groups excluding carboxylic acids is 2. The zero-order chi connectivity index (χ0) is 23.3. The summed E-state index contributed by atoms with van der Waals surface area (Å²) in [5.74, 6) is 1.21. The van der Waals surface area contributed by atoms with Crippen LogP contribution >= 0.6 is 0 Å². The summed E-state index contributed by atoms with van der Waals surface area (Å²) in [6.45, 7) is 10.7. The average Bonchev–Trinajstić information content (AvgIpc) is 3.50. The number of rotatable bonds is 6. The van der Waals surface area contributed by atoms with Crippen molar-refractivity contribution >= 4 is 17.8 Å². The van der Waals surface area contributed by atoms with Crippen molar-refractivity contribution in [1.29, 1.82) is 0 Å². The summed E-state index contributed by atoms with van der Waals surface area (Å²) in [7, 11) is 0. The lowest BCUT2D eigenvalue weighted by molar-refractivity contribution is -0.130. The lowest BCUT2D eigenvalue weighted by Gasteiger charge is -2.38. The van der Waals surface area contributed by atoms with Crippen molar-refractivity contribution in [3.8, 4) is 5.75 Å². The molecule has 0 spiro atoms. The molecule has 7 heteroatoms. The van der Waals surface area contributed by atoms with Gasteiger partial charge in [-0.15, -0.1) is 0 Å². The van der Waals surface area contributed by atoms with Gasteiger partial charge in [0.1, 0.15) is 11.4 Å². The largest absolute Gasteiger partial charge is 0.487 e. The predicted molar refractivity (Wildman–Crippen MR) is 124 cm³/mol. The highest BCUT2D eigenvalue weighted by atomic mass is 16.5. The first-order valence-corrected chi connectivity index (χ1v) is 11.8. The molecule has 2 aliphatic heterocycles. The summed E-state index contributed by atoms with van der Waals surface area (Å²) in [5, 5.41) is 3.26. The molecule has 1 aromatic rings. The van der Waals surface area contributed by atoms with E-state index in [0.717, 1.165) is 36.1 Å². The standard InChI is InChI=1S/C25H36N4O3/c1-6-25(7-2)13-21(30)29(23(26)28-25)14-16-11-17(16)22(31)27-19-12-24(4,5)32-20-9-8-15(3)10-18(19)20/h8-10,16-17,19H,6-7,11-14H2,1-5H3,(H2,26,28)(H,27,31)/t16-,17+,19-/m0/s1. The van der Waals surface area contributed by atoms with Gasteiger partial charge in [-0.1, -0.05) is 31.5 Å². The fourth-order valence-electron chi connectivity index (χ4n) is 5.09. The van der Waals surface area contributed by atoms with Gasteiger partial charge in [0.15, 0.2) is 5.96 Å². The number of amides is 2. The maximum atomic E-state index is 13.1. The van der Waals surface area contributed by atoms with Gasteiger partial charge in [-0.05, 0) is 52.0 Å². The van der Waals surface area contributed by atoms with E-state index >= 15 is 0 Å². The van der Waals surface area contributed by atoms with E-state index in [1.165, 1.54) is 0 Å². The molecule has 1 saturated carbocycles. The minimum atomic E-state index is -0.376. The van der Waals surface area contributed by atoms with Crippen LogP contribution in [0, 0.1) is 18.8 Å². The van der Waals surface area contributed by atoms with Crippen LogP contribution in [-0.4, -0.2) is 40.4 Å². The van der Waals surface area contributed by atoms with E-state index < -0.39 is 0 Å². The van der Waals surface area contributed by atoms with Gasteiger partial charge in [0.05, 0.1) is 18.0 Å². The fourth-order valence-corrected chi connectivity index (χ4v) is 5.09. The molecule has 0 aromatic heterocycles. The maximum Gasteiger partial charge on any atom is 0.231 e. The zero-order valence-electron chi connectivity index (χ0n) is 19.9. The van der Waals surface area contributed by atoms with Gasteiger partial charge in [0.2, 0.25) is 11.8 Å². The average molecular weight is 441 g/mol. The molecule has 1 fully saturated rings. The predicted octanol–water partition coefficient (Wildman–Crippen LogP) is 3.46. The van der Waals surface area contributed by atoms with E-state index in [9.17, 15) is 9.59 Å². The van der Waals surface area contributed by atoms with Crippen LogP contribution in [-0.2, 0) is 9.59 Å². The molecule has 3 atom stereocenters. The van der Waals surface area contributed by atoms with Crippen LogP contribution in [0.25, 0.3) is 0 Å². The molecule has 0 radical (unpaired) electrons. The third-order valence-electron chi connectivity index (χ3n) is 7.34. The van der Waals surface area contributed by atoms with E-state index in [-0.39, 0.29) is 40.8 Å². The Kier molecular flexibility index (Phi) is 5.72. The molecule has 4 rings (SSSR count). The summed E-state index contributed by atoms with van der Waals surface area (Å²) < 4.78 is 6.12. The third-order valence-corrected chi connectivity index (χ3v) is 7.34. The molecule has 2 amide bonds. The third kappa shape index (κ3) is 4.34. The van der Waals surface area contributed by atoms with Crippen LogP contribution in [0.4, 0.5) is 0 Å².